The van der Waals surface area contributed by atoms with E-state index in [0.29, 0.717) is 10.4 Å². The minimum absolute atomic E-state index is 0.280. The molecule has 0 atom stereocenters. The molecule has 0 nitrogen and oxygen atoms in total. The Morgan fingerprint density at radius 1 is 0.895 bits per heavy atom. The summed E-state index contributed by atoms with van der Waals surface area (Å²) in [6, 6.07) is 7.59. The van der Waals surface area contributed by atoms with Gasteiger partial charge in [0.05, 0.1) is 10.6 Å². The minimum atomic E-state index is -4.45. The lowest BCUT2D eigenvalue weighted by Crippen LogP contribution is -2.05. The van der Waals surface area contributed by atoms with Crippen molar-refractivity contribution >= 4 is 54.7 Å². The molecule has 0 fully saturated rings. The third-order valence-electron chi connectivity index (χ3n) is 2.83. The smallest absolute Gasteiger partial charge is 0.166 e. The fraction of sp³-hybridized carbons (Fsp3) is 0.0769. The Labute approximate surface area is 120 Å². The highest BCUT2D eigenvalue weighted by atomic mass is 35.5. The lowest BCUT2D eigenvalue weighted by Gasteiger charge is -2.08. The van der Waals surface area contributed by atoms with Crippen molar-refractivity contribution in [1.29, 1.82) is 0 Å². The van der Waals surface area contributed by atoms with Crippen LogP contribution in [0.25, 0.3) is 20.2 Å². The molecule has 0 amide bonds. The average molecular weight is 321 g/mol. The van der Waals surface area contributed by atoms with Gasteiger partial charge in [-0.25, -0.2) is 0 Å². The van der Waals surface area contributed by atoms with Gasteiger partial charge in [-0.3, -0.25) is 0 Å². The zero-order valence-electron chi connectivity index (χ0n) is 9.18. The number of thiophene rings is 1. The van der Waals surface area contributed by atoms with Crippen molar-refractivity contribution in [2.75, 3.05) is 0 Å². The molecule has 0 aliphatic rings. The van der Waals surface area contributed by atoms with Crippen LogP contribution in [0.1, 0.15) is 5.56 Å². The molecule has 6 heteroatoms. The molecule has 0 saturated heterocycles. The highest BCUT2D eigenvalue weighted by Gasteiger charge is 2.33. The fourth-order valence-corrected chi connectivity index (χ4v) is 3.73. The highest BCUT2D eigenvalue weighted by Crippen LogP contribution is 2.42. The normalized spacial score (nSPS) is 12.5. The monoisotopic (exact) mass is 320 g/mol. The van der Waals surface area contributed by atoms with Crippen LogP contribution in [0.4, 0.5) is 13.2 Å². The lowest BCUT2D eigenvalue weighted by atomic mass is 10.1. The molecule has 98 valence electrons. The SMILES string of the molecule is FC(F)(F)c1cc2c(cc1Cl)sc1cc(Cl)ccc12. The van der Waals surface area contributed by atoms with E-state index in [0.717, 1.165) is 20.9 Å². The van der Waals surface area contributed by atoms with Crippen LogP contribution in [0.15, 0.2) is 30.3 Å². The standard InChI is InChI=1S/C13H5Cl2F3S/c14-6-1-2-7-8-4-9(13(16,17)18)10(15)5-12(8)19-11(7)3-6/h1-5H. The van der Waals surface area contributed by atoms with E-state index in [1.54, 1.807) is 18.2 Å². The summed E-state index contributed by atoms with van der Waals surface area (Å²) in [6.07, 6.45) is -4.45. The Bertz CT molecular complexity index is 790. The first-order valence-electron chi connectivity index (χ1n) is 5.25. The fourth-order valence-electron chi connectivity index (χ4n) is 1.99. The summed E-state index contributed by atoms with van der Waals surface area (Å²) in [7, 11) is 0. The number of halogens is 5. The number of rotatable bonds is 0. The molecule has 0 unspecified atom stereocenters. The van der Waals surface area contributed by atoms with Crippen LogP contribution in [0.5, 0.6) is 0 Å². The van der Waals surface area contributed by atoms with Crippen LogP contribution in [-0.4, -0.2) is 0 Å². The third-order valence-corrected chi connectivity index (χ3v) is 4.49. The summed E-state index contributed by atoms with van der Waals surface area (Å²) < 4.78 is 40.1. The maximum absolute atomic E-state index is 12.8. The summed E-state index contributed by atoms with van der Waals surface area (Å²) in [5.41, 5.74) is -0.809. The second-order valence-corrected chi connectivity index (χ2v) is 6.00. The molecular formula is C13H5Cl2F3S. The average Bonchev–Trinajstić information content (AvgIpc) is 2.62. The molecule has 0 aliphatic carbocycles. The Hall–Kier alpha value is -0.970. The Morgan fingerprint density at radius 2 is 1.58 bits per heavy atom. The number of fused-ring (bicyclic) bond motifs is 3. The van der Waals surface area contributed by atoms with E-state index in [2.05, 4.69) is 0 Å². The van der Waals surface area contributed by atoms with Crippen molar-refractivity contribution in [3.63, 3.8) is 0 Å². The van der Waals surface area contributed by atoms with Gasteiger partial charge in [0.15, 0.2) is 0 Å². The van der Waals surface area contributed by atoms with Gasteiger partial charge >= 0.3 is 6.18 Å². The zero-order valence-corrected chi connectivity index (χ0v) is 11.5. The van der Waals surface area contributed by atoms with Crippen LogP contribution < -0.4 is 0 Å². The summed E-state index contributed by atoms with van der Waals surface area (Å²) in [5, 5.41) is 1.58. The van der Waals surface area contributed by atoms with E-state index in [1.165, 1.54) is 17.4 Å². The van der Waals surface area contributed by atoms with Crippen LogP contribution >= 0.6 is 34.5 Å². The van der Waals surface area contributed by atoms with Gasteiger partial charge in [-0.2, -0.15) is 13.2 Å². The van der Waals surface area contributed by atoms with Crippen LogP contribution in [0, 0.1) is 0 Å². The maximum atomic E-state index is 12.8. The van der Waals surface area contributed by atoms with Gasteiger partial charge in [0.2, 0.25) is 0 Å². The third kappa shape index (κ3) is 2.18. The molecule has 0 N–H and O–H groups in total. The number of hydrogen-bond donors (Lipinski definition) is 0. The molecule has 0 aliphatic heterocycles. The largest absolute Gasteiger partial charge is 0.417 e. The zero-order chi connectivity index (χ0) is 13.8. The van der Waals surface area contributed by atoms with Gasteiger partial charge in [-0.05, 0) is 24.3 Å². The molecule has 1 aromatic heterocycles. The highest BCUT2D eigenvalue weighted by molar-refractivity contribution is 7.25. The molecule has 0 spiro atoms. The van der Waals surface area contributed by atoms with Crippen molar-refractivity contribution in [2.45, 2.75) is 6.18 Å². The van der Waals surface area contributed by atoms with E-state index in [-0.39, 0.29) is 5.02 Å². The minimum Gasteiger partial charge on any atom is -0.166 e. The summed E-state index contributed by atoms with van der Waals surface area (Å²) in [6.45, 7) is 0. The quantitative estimate of drug-likeness (QED) is 0.451. The first-order valence-corrected chi connectivity index (χ1v) is 6.82. The van der Waals surface area contributed by atoms with Gasteiger partial charge in [0.25, 0.3) is 0 Å². The Morgan fingerprint density at radius 3 is 2.26 bits per heavy atom. The lowest BCUT2D eigenvalue weighted by molar-refractivity contribution is -0.137. The van der Waals surface area contributed by atoms with Gasteiger partial charge in [-0.1, -0.05) is 29.3 Å². The maximum Gasteiger partial charge on any atom is 0.417 e. The molecule has 1 heterocycles. The molecule has 0 radical (unpaired) electrons. The number of alkyl halides is 3. The molecular weight excluding hydrogens is 316 g/mol. The molecule has 0 bridgehead atoms. The number of hydrogen-bond acceptors (Lipinski definition) is 1. The first-order chi connectivity index (χ1) is 8.86. The van der Waals surface area contributed by atoms with Crippen molar-refractivity contribution in [3.05, 3.63) is 45.9 Å². The van der Waals surface area contributed by atoms with Crippen molar-refractivity contribution in [2.24, 2.45) is 0 Å². The topological polar surface area (TPSA) is 0 Å². The van der Waals surface area contributed by atoms with E-state index < -0.39 is 11.7 Å². The van der Waals surface area contributed by atoms with E-state index in [4.69, 9.17) is 23.2 Å². The van der Waals surface area contributed by atoms with Crippen LogP contribution in [0.2, 0.25) is 10.0 Å². The van der Waals surface area contributed by atoms with Crippen molar-refractivity contribution < 1.29 is 13.2 Å². The molecule has 0 saturated carbocycles. The first kappa shape index (κ1) is 13.0. The predicted octanol–water partition coefficient (Wildman–Crippen LogP) is 6.38. The molecule has 3 aromatic rings. The van der Waals surface area contributed by atoms with Gasteiger partial charge < -0.3 is 0 Å². The van der Waals surface area contributed by atoms with Crippen LogP contribution in [0.3, 0.4) is 0 Å². The van der Waals surface area contributed by atoms with E-state index in [1.807, 2.05) is 0 Å². The van der Waals surface area contributed by atoms with E-state index in [9.17, 15) is 13.2 Å². The second-order valence-electron chi connectivity index (χ2n) is 4.07. The summed E-state index contributed by atoms with van der Waals surface area (Å²) in [4.78, 5) is 0. The van der Waals surface area contributed by atoms with Crippen molar-refractivity contribution in [1.82, 2.24) is 0 Å². The molecule has 19 heavy (non-hydrogen) atoms. The second kappa shape index (κ2) is 4.27. The van der Waals surface area contributed by atoms with Gasteiger partial charge in [-0.15, -0.1) is 11.3 Å². The van der Waals surface area contributed by atoms with Crippen LogP contribution in [-0.2, 0) is 6.18 Å². The van der Waals surface area contributed by atoms with Crippen molar-refractivity contribution in [3.8, 4) is 0 Å². The predicted molar refractivity (Wildman–Crippen MR) is 74.4 cm³/mol. The molecule has 3 rings (SSSR count). The Balaban J connectivity index is 2.41. The van der Waals surface area contributed by atoms with Gasteiger partial charge in [0.1, 0.15) is 0 Å². The van der Waals surface area contributed by atoms with Gasteiger partial charge in [0, 0.05) is 25.2 Å². The molecule has 2 aromatic carbocycles. The summed E-state index contributed by atoms with van der Waals surface area (Å²) in [5.74, 6) is 0. The van der Waals surface area contributed by atoms with E-state index >= 15 is 0 Å². The Kier molecular flexibility index (Phi) is 2.93. The summed E-state index contributed by atoms with van der Waals surface area (Å²) >= 11 is 13.0. The number of benzene rings is 2.